The number of amides is 3. The lowest BCUT2D eigenvalue weighted by Gasteiger charge is -2.21. The third kappa shape index (κ3) is 4.49. The molecule has 7 nitrogen and oxygen atoms in total. The number of esters is 1. The van der Waals surface area contributed by atoms with Crippen molar-refractivity contribution in [2.24, 2.45) is 11.8 Å². The van der Waals surface area contributed by atoms with Gasteiger partial charge < -0.3 is 10.1 Å². The number of likely N-dealkylation sites (tertiary alicyclic amines) is 1. The van der Waals surface area contributed by atoms with Gasteiger partial charge in [-0.3, -0.25) is 19.3 Å². The molecule has 156 valence electrons. The zero-order valence-corrected chi connectivity index (χ0v) is 17.1. The summed E-state index contributed by atoms with van der Waals surface area (Å²) in [5, 5.41) is 2.67. The van der Waals surface area contributed by atoms with E-state index in [0.717, 1.165) is 23.3 Å². The molecule has 3 rings (SSSR count). The second-order valence-electron chi connectivity index (χ2n) is 8.15. The number of carbonyl (C=O) groups excluding carboxylic acids is 4. The number of imide groups is 1. The average Bonchev–Trinajstić information content (AvgIpc) is 2.96. The number of fused-ring (bicyclic) bond motifs is 1. The number of nitrogens with one attached hydrogen (secondary N) is 1. The number of carbonyl (C=O) groups is 4. The lowest BCUT2D eigenvalue weighted by molar-refractivity contribution is -0.159. The molecule has 29 heavy (non-hydrogen) atoms. The van der Waals surface area contributed by atoms with Crippen molar-refractivity contribution in [2.75, 3.05) is 11.9 Å². The molecule has 0 radical (unpaired) electrons. The highest BCUT2D eigenvalue weighted by molar-refractivity contribution is 6.08. The van der Waals surface area contributed by atoms with E-state index in [9.17, 15) is 19.2 Å². The van der Waals surface area contributed by atoms with Crippen LogP contribution in [0.3, 0.4) is 0 Å². The van der Waals surface area contributed by atoms with Crippen molar-refractivity contribution in [3.63, 3.8) is 0 Å². The molecule has 7 heteroatoms. The minimum Gasteiger partial charge on any atom is -0.454 e. The van der Waals surface area contributed by atoms with Crippen LogP contribution in [0.4, 0.5) is 5.69 Å². The minimum absolute atomic E-state index is 0.293. The molecule has 0 unspecified atom stereocenters. The molecule has 1 aliphatic heterocycles. The number of benzene rings is 1. The average molecular weight is 400 g/mol. The number of rotatable bonds is 6. The van der Waals surface area contributed by atoms with Gasteiger partial charge in [-0.15, -0.1) is 0 Å². The summed E-state index contributed by atoms with van der Waals surface area (Å²) in [5.74, 6) is -2.06. The van der Waals surface area contributed by atoms with E-state index >= 15 is 0 Å². The second-order valence-corrected chi connectivity index (χ2v) is 8.15. The highest BCUT2D eigenvalue weighted by Crippen LogP contribution is 2.38. The summed E-state index contributed by atoms with van der Waals surface area (Å²) in [6.45, 7) is 5.16. The van der Waals surface area contributed by atoms with E-state index in [1.165, 1.54) is 6.92 Å². The van der Waals surface area contributed by atoms with Crippen LogP contribution < -0.4 is 5.32 Å². The fourth-order valence-corrected chi connectivity index (χ4v) is 4.08. The minimum atomic E-state index is -1.03. The number of hydrogen-bond acceptors (Lipinski definition) is 5. The van der Waals surface area contributed by atoms with E-state index in [0.29, 0.717) is 24.4 Å². The van der Waals surface area contributed by atoms with Crippen LogP contribution in [0.1, 0.15) is 57.9 Å². The SMILES string of the molecule is CC(C)c1ccc(NC(=O)COC(=O)[C@H](C)N2C(=O)[C@H]3CCCC[C@H]3C2=O)cc1. The monoisotopic (exact) mass is 400 g/mol. The molecular weight excluding hydrogens is 372 g/mol. The lowest BCUT2D eigenvalue weighted by atomic mass is 9.81. The molecule has 1 N–H and O–H groups in total. The molecule has 1 heterocycles. The maximum Gasteiger partial charge on any atom is 0.329 e. The normalized spacial score (nSPS) is 22.4. The number of ether oxygens (including phenoxy) is 1. The maximum atomic E-state index is 12.6. The first-order valence-electron chi connectivity index (χ1n) is 10.2. The largest absolute Gasteiger partial charge is 0.454 e. The number of nitrogens with zero attached hydrogens (tertiary/aromatic N) is 1. The van der Waals surface area contributed by atoms with Crippen LogP contribution in [0.2, 0.25) is 0 Å². The molecular formula is C22H28N2O5. The zero-order chi connectivity index (χ0) is 21.1. The van der Waals surface area contributed by atoms with Crippen molar-refractivity contribution >= 4 is 29.4 Å². The third-order valence-electron chi connectivity index (χ3n) is 5.81. The van der Waals surface area contributed by atoms with Crippen molar-refractivity contribution in [1.29, 1.82) is 0 Å². The Morgan fingerprint density at radius 1 is 1.03 bits per heavy atom. The Labute approximate surface area is 170 Å². The molecule has 2 fully saturated rings. The zero-order valence-electron chi connectivity index (χ0n) is 17.1. The Kier molecular flexibility index (Phi) is 6.35. The van der Waals surface area contributed by atoms with Gasteiger partial charge in [0.2, 0.25) is 11.8 Å². The van der Waals surface area contributed by atoms with Gasteiger partial charge in [-0.05, 0) is 43.4 Å². The lowest BCUT2D eigenvalue weighted by Crippen LogP contribution is -2.45. The highest BCUT2D eigenvalue weighted by atomic mass is 16.5. The summed E-state index contributed by atoms with van der Waals surface area (Å²) in [4.78, 5) is 50.6. The quantitative estimate of drug-likeness (QED) is 0.585. The fourth-order valence-electron chi connectivity index (χ4n) is 4.08. The Hall–Kier alpha value is -2.70. The van der Waals surface area contributed by atoms with Crippen molar-refractivity contribution < 1.29 is 23.9 Å². The summed E-state index contributed by atoms with van der Waals surface area (Å²) in [5.41, 5.74) is 1.77. The molecule has 0 bridgehead atoms. The Morgan fingerprint density at radius 3 is 2.10 bits per heavy atom. The van der Waals surface area contributed by atoms with E-state index in [4.69, 9.17) is 4.74 Å². The molecule has 3 amide bonds. The molecule has 1 saturated carbocycles. The Bertz CT molecular complexity index is 778. The van der Waals surface area contributed by atoms with Gasteiger partial charge in [-0.2, -0.15) is 0 Å². The molecule has 1 aromatic carbocycles. The van der Waals surface area contributed by atoms with Crippen LogP contribution in [0, 0.1) is 11.8 Å². The third-order valence-corrected chi connectivity index (χ3v) is 5.81. The summed E-state index contributed by atoms with van der Waals surface area (Å²) in [7, 11) is 0. The van der Waals surface area contributed by atoms with E-state index in [1.54, 1.807) is 12.1 Å². The molecule has 0 spiro atoms. The van der Waals surface area contributed by atoms with Crippen molar-refractivity contribution in [2.45, 2.75) is 58.4 Å². The van der Waals surface area contributed by atoms with Crippen LogP contribution >= 0.6 is 0 Å². The Morgan fingerprint density at radius 2 is 1.59 bits per heavy atom. The predicted molar refractivity (Wildman–Crippen MR) is 107 cm³/mol. The fraction of sp³-hybridized carbons (Fsp3) is 0.545. The van der Waals surface area contributed by atoms with Crippen molar-refractivity contribution in [1.82, 2.24) is 4.90 Å². The first-order valence-corrected chi connectivity index (χ1v) is 10.2. The van der Waals surface area contributed by atoms with E-state index in [-0.39, 0.29) is 23.7 Å². The van der Waals surface area contributed by atoms with Gasteiger partial charge in [0, 0.05) is 5.69 Å². The van der Waals surface area contributed by atoms with Crippen LogP contribution in [0.5, 0.6) is 0 Å². The first-order chi connectivity index (χ1) is 13.8. The standard InChI is InChI=1S/C22H28N2O5/c1-13(2)15-8-10-16(11-9-15)23-19(25)12-29-22(28)14(3)24-20(26)17-6-4-5-7-18(17)21(24)27/h8-11,13-14,17-18H,4-7,12H2,1-3H3,(H,23,25)/t14-,17-,18+/m0/s1. The van der Waals surface area contributed by atoms with Crippen LogP contribution in [-0.4, -0.2) is 41.2 Å². The van der Waals surface area contributed by atoms with Crippen LogP contribution in [-0.2, 0) is 23.9 Å². The van der Waals surface area contributed by atoms with E-state index in [2.05, 4.69) is 19.2 Å². The van der Waals surface area contributed by atoms with Gasteiger partial charge in [-0.1, -0.05) is 38.8 Å². The summed E-state index contributed by atoms with van der Waals surface area (Å²) in [6.07, 6.45) is 3.22. The summed E-state index contributed by atoms with van der Waals surface area (Å²) < 4.78 is 5.07. The van der Waals surface area contributed by atoms with Gasteiger partial charge in [-0.25, -0.2) is 4.79 Å². The Balaban J connectivity index is 1.52. The summed E-state index contributed by atoms with van der Waals surface area (Å²) in [6, 6.07) is 6.41. The van der Waals surface area contributed by atoms with Crippen LogP contribution in [0.15, 0.2) is 24.3 Å². The number of anilines is 1. The topological polar surface area (TPSA) is 92.8 Å². The van der Waals surface area contributed by atoms with Crippen molar-refractivity contribution in [3.05, 3.63) is 29.8 Å². The van der Waals surface area contributed by atoms with E-state index < -0.39 is 24.5 Å². The molecule has 0 aromatic heterocycles. The molecule has 1 aliphatic carbocycles. The van der Waals surface area contributed by atoms with Gasteiger partial charge in [0.05, 0.1) is 11.8 Å². The highest BCUT2D eigenvalue weighted by Gasteiger charge is 2.51. The molecule has 1 aromatic rings. The van der Waals surface area contributed by atoms with Crippen molar-refractivity contribution in [3.8, 4) is 0 Å². The predicted octanol–water partition coefficient (Wildman–Crippen LogP) is 2.86. The first kappa shape index (κ1) is 21.0. The molecule has 3 atom stereocenters. The molecule has 1 saturated heterocycles. The van der Waals surface area contributed by atoms with E-state index in [1.807, 2.05) is 12.1 Å². The second kappa shape index (κ2) is 8.76. The van der Waals surface area contributed by atoms with Gasteiger partial charge in [0.1, 0.15) is 6.04 Å². The van der Waals surface area contributed by atoms with Gasteiger partial charge in [0.25, 0.3) is 5.91 Å². The van der Waals surface area contributed by atoms with Crippen LogP contribution in [0.25, 0.3) is 0 Å². The number of hydrogen-bond donors (Lipinski definition) is 1. The van der Waals surface area contributed by atoms with Gasteiger partial charge >= 0.3 is 5.97 Å². The summed E-state index contributed by atoms with van der Waals surface area (Å²) >= 11 is 0. The smallest absolute Gasteiger partial charge is 0.329 e. The van der Waals surface area contributed by atoms with Gasteiger partial charge in [0.15, 0.2) is 6.61 Å². The molecule has 2 aliphatic rings. The maximum absolute atomic E-state index is 12.6.